The molecule has 23 heavy (non-hydrogen) atoms. The molecule has 2 aromatic rings. The SMILES string of the molecule is CCCCOC(=O)CPc1cc(-c2ccc(F)cc2F)n(C)n1. The molecule has 0 fully saturated rings. The highest BCUT2D eigenvalue weighted by Gasteiger charge is 2.13. The minimum Gasteiger partial charge on any atom is -0.465 e. The molecule has 0 aliphatic carbocycles. The maximum atomic E-state index is 13.9. The van der Waals surface area contributed by atoms with Gasteiger partial charge in [-0.1, -0.05) is 21.9 Å². The predicted octanol–water partition coefficient (Wildman–Crippen LogP) is 3.01. The van der Waals surface area contributed by atoms with E-state index in [0.29, 0.717) is 17.7 Å². The lowest BCUT2D eigenvalue weighted by molar-refractivity contribution is -0.140. The second-order valence-corrected chi connectivity index (χ2v) is 6.31. The van der Waals surface area contributed by atoms with E-state index in [9.17, 15) is 13.6 Å². The summed E-state index contributed by atoms with van der Waals surface area (Å²) in [4.78, 5) is 11.6. The molecule has 2 rings (SSSR count). The minimum absolute atomic E-state index is 0.150. The lowest BCUT2D eigenvalue weighted by Gasteiger charge is -2.03. The number of halogens is 2. The van der Waals surface area contributed by atoms with E-state index in [1.54, 1.807) is 13.1 Å². The highest BCUT2D eigenvalue weighted by Crippen LogP contribution is 2.24. The fourth-order valence-electron chi connectivity index (χ4n) is 2.05. The number of carbonyl (C=O) groups is 1. The fraction of sp³-hybridized carbons (Fsp3) is 0.375. The van der Waals surface area contributed by atoms with Crippen LogP contribution in [0.5, 0.6) is 0 Å². The molecule has 0 radical (unpaired) electrons. The summed E-state index contributed by atoms with van der Waals surface area (Å²) in [7, 11) is 1.84. The van der Waals surface area contributed by atoms with Crippen LogP contribution in [0.15, 0.2) is 24.3 Å². The van der Waals surface area contributed by atoms with E-state index in [0.717, 1.165) is 18.9 Å². The van der Waals surface area contributed by atoms with Gasteiger partial charge >= 0.3 is 5.97 Å². The van der Waals surface area contributed by atoms with Crippen molar-refractivity contribution in [1.29, 1.82) is 0 Å². The van der Waals surface area contributed by atoms with Crippen molar-refractivity contribution in [2.75, 3.05) is 12.8 Å². The monoisotopic (exact) mass is 340 g/mol. The summed E-state index contributed by atoms with van der Waals surface area (Å²) >= 11 is 0. The molecule has 0 aliphatic rings. The summed E-state index contributed by atoms with van der Waals surface area (Å²) in [6.45, 7) is 2.47. The number of hydrogen-bond donors (Lipinski definition) is 0. The number of esters is 1. The Labute approximate surface area is 135 Å². The van der Waals surface area contributed by atoms with E-state index in [-0.39, 0.29) is 26.3 Å². The number of nitrogens with zero attached hydrogens (tertiary/aromatic N) is 2. The molecule has 0 amide bonds. The number of aryl methyl sites for hydroxylation is 1. The molecular weight excluding hydrogens is 321 g/mol. The standard InChI is InChI=1S/C16H19F2N2O2P/c1-3-4-7-22-16(21)10-23-15-9-14(20(2)19-15)12-6-5-11(17)8-13(12)18/h5-6,8-9,23H,3-4,7,10H2,1-2H3. The summed E-state index contributed by atoms with van der Waals surface area (Å²) in [6.07, 6.45) is 2.08. The number of hydrogen-bond acceptors (Lipinski definition) is 3. The quantitative estimate of drug-likeness (QED) is 0.442. The van der Waals surface area contributed by atoms with Crippen LogP contribution in [0.1, 0.15) is 19.8 Å². The molecule has 124 valence electrons. The Morgan fingerprint density at radius 2 is 2.13 bits per heavy atom. The summed E-state index contributed by atoms with van der Waals surface area (Å²) < 4.78 is 33.5. The smallest absolute Gasteiger partial charge is 0.310 e. The van der Waals surface area contributed by atoms with E-state index in [4.69, 9.17) is 4.74 Å². The summed E-state index contributed by atoms with van der Waals surface area (Å²) in [5.74, 6) is -1.51. The van der Waals surface area contributed by atoms with Gasteiger partial charge in [-0.3, -0.25) is 9.48 Å². The Hall–Kier alpha value is -1.81. The molecule has 1 aromatic heterocycles. The molecule has 0 N–H and O–H groups in total. The van der Waals surface area contributed by atoms with Crippen LogP contribution in [0.3, 0.4) is 0 Å². The van der Waals surface area contributed by atoms with Crippen molar-refractivity contribution >= 4 is 20.0 Å². The Morgan fingerprint density at radius 3 is 2.83 bits per heavy atom. The highest BCUT2D eigenvalue weighted by atomic mass is 31.1. The van der Waals surface area contributed by atoms with E-state index in [1.807, 2.05) is 6.92 Å². The van der Waals surface area contributed by atoms with E-state index >= 15 is 0 Å². The molecular formula is C16H19F2N2O2P. The van der Waals surface area contributed by atoms with E-state index in [1.165, 1.54) is 16.8 Å². The number of rotatable bonds is 7. The maximum absolute atomic E-state index is 13.9. The second-order valence-electron chi connectivity index (χ2n) is 5.09. The van der Waals surface area contributed by atoms with Gasteiger partial charge < -0.3 is 4.74 Å². The van der Waals surface area contributed by atoms with Crippen molar-refractivity contribution < 1.29 is 18.3 Å². The van der Waals surface area contributed by atoms with Crippen molar-refractivity contribution in [3.05, 3.63) is 35.9 Å². The molecule has 1 aromatic carbocycles. The zero-order chi connectivity index (χ0) is 16.8. The Bertz CT molecular complexity index is 689. The van der Waals surface area contributed by atoms with Gasteiger partial charge in [0.1, 0.15) is 11.6 Å². The highest BCUT2D eigenvalue weighted by molar-refractivity contribution is 7.47. The van der Waals surface area contributed by atoms with Gasteiger partial charge in [-0.2, -0.15) is 5.10 Å². The minimum atomic E-state index is -0.637. The molecule has 1 heterocycles. The normalized spacial score (nSPS) is 11.3. The zero-order valence-corrected chi connectivity index (χ0v) is 14.1. The fourth-order valence-corrected chi connectivity index (χ4v) is 2.93. The van der Waals surface area contributed by atoms with Crippen LogP contribution in [-0.4, -0.2) is 28.5 Å². The Morgan fingerprint density at radius 1 is 1.35 bits per heavy atom. The molecule has 0 spiro atoms. The molecule has 0 aliphatic heterocycles. The predicted molar refractivity (Wildman–Crippen MR) is 87.2 cm³/mol. The average molecular weight is 340 g/mol. The molecule has 0 saturated heterocycles. The molecule has 0 saturated carbocycles. The Kier molecular flexibility index (Phi) is 6.22. The van der Waals surface area contributed by atoms with Crippen molar-refractivity contribution in [3.63, 3.8) is 0 Å². The summed E-state index contributed by atoms with van der Waals surface area (Å²) in [6, 6.07) is 5.15. The number of unbranched alkanes of at least 4 members (excludes halogenated alkanes) is 1. The van der Waals surface area contributed by atoms with E-state index in [2.05, 4.69) is 5.10 Å². The van der Waals surface area contributed by atoms with Crippen LogP contribution >= 0.6 is 8.58 Å². The van der Waals surface area contributed by atoms with Crippen LogP contribution in [0.2, 0.25) is 0 Å². The van der Waals surface area contributed by atoms with Crippen molar-refractivity contribution in [2.45, 2.75) is 19.8 Å². The van der Waals surface area contributed by atoms with Gasteiger partial charge in [0.05, 0.1) is 23.9 Å². The number of ether oxygens (including phenoxy) is 1. The summed E-state index contributed by atoms with van der Waals surface area (Å²) in [5.41, 5.74) is 1.52. The number of carbonyl (C=O) groups excluding carboxylic acids is 1. The first-order chi connectivity index (χ1) is 11.0. The maximum Gasteiger partial charge on any atom is 0.310 e. The molecule has 1 atom stereocenters. The first-order valence-corrected chi connectivity index (χ1v) is 8.61. The molecule has 1 unspecified atom stereocenters. The largest absolute Gasteiger partial charge is 0.465 e. The third-order valence-corrected chi connectivity index (χ3v) is 4.33. The van der Waals surface area contributed by atoms with Crippen LogP contribution in [0.4, 0.5) is 8.78 Å². The summed E-state index contributed by atoms with van der Waals surface area (Å²) in [5, 5.41) is 4.28. The van der Waals surface area contributed by atoms with Crippen LogP contribution in [0.25, 0.3) is 11.3 Å². The van der Waals surface area contributed by atoms with Gasteiger partial charge in [-0.25, -0.2) is 8.78 Å². The van der Waals surface area contributed by atoms with Crippen LogP contribution in [0, 0.1) is 11.6 Å². The van der Waals surface area contributed by atoms with Crippen LogP contribution < -0.4 is 5.44 Å². The van der Waals surface area contributed by atoms with Crippen molar-refractivity contribution in [1.82, 2.24) is 9.78 Å². The topological polar surface area (TPSA) is 44.1 Å². The molecule has 7 heteroatoms. The van der Waals surface area contributed by atoms with Crippen molar-refractivity contribution in [2.24, 2.45) is 7.05 Å². The lowest BCUT2D eigenvalue weighted by Crippen LogP contribution is -2.10. The van der Waals surface area contributed by atoms with Gasteiger partial charge in [-0.05, 0) is 24.6 Å². The third-order valence-electron chi connectivity index (χ3n) is 3.26. The van der Waals surface area contributed by atoms with Gasteiger partial charge in [0, 0.05) is 18.7 Å². The molecule has 4 nitrogen and oxygen atoms in total. The Balaban J connectivity index is 2.02. The third kappa shape index (κ3) is 4.83. The van der Waals surface area contributed by atoms with Crippen LogP contribution in [-0.2, 0) is 16.6 Å². The van der Waals surface area contributed by atoms with Gasteiger partial charge in [0.2, 0.25) is 0 Å². The van der Waals surface area contributed by atoms with E-state index < -0.39 is 11.6 Å². The molecule has 0 bridgehead atoms. The van der Waals surface area contributed by atoms with Gasteiger partial charge in [-0.15, -0.1) is 0 Å². The van der Waals surface area contributed by atoms with Gasteiger partial charge in [0.15, 0.2) is 0 Å². The first-order valence-electron chi connectivity index (χ1n) is 7.40. The zero-order valence-electron chi connectivity index (χ0n) is 13.1. The number of aromatic nitrogens is 2. The van der Waals surface area contributed by atoms with Gasteiger partial charge in [0.25, 0.3) is 0 Å². The number of benzene rings is 1. The second kappa shape index (κ2) is 8.16. The average Bonchev–Trinajstić information content (AvgIpc) is 2.86. The van der Waals surface area contributed by atoms with Crippen molar-refractivity contribution in [3.8, 4) is 11.3 Å². The first kappa shape index (κ1) is 17.5. The lowest BCUT2D eigenvalue weighted by atomic mass is 10.1.